The molecule has 0 fully saturated rings. The summed E-state index contributed by atoms with van der Waals surface area (Å²) >= 11 is 0. The molecule has 73 heavy (non-hydrogen) atoms. The van der Waals surface area contributed by atoms with Crippen molar-refractivity contribution in [3.05, 3.63) is 0 Å². The largest absolute Gasteiger partial charge is 3.00 e. The van der Waals surface area contributed by atoms with Gasteiger partial charge in [0.15, 0.2) is 0 Å². The Morgan fingerprint density at radius 2 is 0.342 bits per heavy atom. The van der Waals surface area contributed by atoms with Crippen LogP contribution in [0.4, 0.5) is 0 Å². The summed E-state index contributed by atoms with van der Waals surface area (Å²) in [6.07, 6.45) is 57.9. The van der Waals surface area contributed by atoms with Gasteiger partial charge in [0, 0.05) is 18.5 Å². The summed E-state index contributed by atoms with van der Waals surface area (Å²) in [6.45, 7) is 14.5. The minimum absolute atomic E-state index is 0. The molecular weight excluding hydrogens is 1100 g/mol. The number of unbranched alkanes of at least 4 members (excludes halogenated alkanes) is 42. The molecule has 0 aromatic heterocycles. The Hall–Kier alpha value is 1.80. The smallest absolute Gasteiger partial charge is 0.778 e. The van der Waals surface area contributed by atoms with Gasteiger partial charge in [0.2, 0.25) is 0 Å². The van der Waals surface area contributed by atoms with Gasteiger partial charge in [-0.1, -0.05) is 311 Å². The van der Waals surface area contributed by atoms with Gasteiger partial charge in [0.05, 0.1) is 19.8 Å². The maximum atomic E-state index is 11.8. The van der Waals surface area contributed by atoms with Crippen molar-refractivity contribution in [1.29, 1.82) is 0 Å². The molecule has 9 nitrogen and oxygen atoms in total. The first-order valence-electron chi connectivity index (χ1n) is 31.7. The molecule has 13 heteroatoms. The summed E-state index contributed by atoms with van der Waals surface area (Å²) < 4.78 is 50.9. The zero-order valence-electron chi connectivity index (χ0n) is 49.7. The van der Waals surface area contributed by atoms with Crippen LogP contribution >= 0.6 is 22.8 Å². The molecule has 0 N–H and O–H groups in total. The van der Waals surface area contributed by atoms with Crippen molar-refractivity contribution in [2.75, 3.05) is 38.3 Å². The zero-order chi connectivity index (χ0) is 53.8. The summed E-state index contributed by atoms with van der Waals surface area (Å²) in [4.78, 5) is 35.5. The van der Waals surface area contributed by atoms with E-state index in [0.717, 1.165) is 96.3 Å². The summed E-state index contributed by atoms with van der Waals surface area (Å²) in [5, 5.41) is 0. The molecule has 0 aromatic carbocycles. The average molecular weight is 1230 g/mol. The van der Waals surface area contributed by atoms with Gasteiger partial charge in [-0.3, -0.25) is 0 Å². The Kier molecular flexibility index (Phi) is 73.8. The molecule has 0 spiro atoms. The van der Waals surface area contributed by atoms with E-state index in [2.05, 4.69) is 41.5 Å². The van der Waals surface area contributed by atoms with Gasteiger partial charge < -0.3 is 41.9 Å². The van der Waals surface area contributed by atoms with Crippen molar-refractivity contribution in [3.63, 3.8) is 0 Å². The number of rotatable bonds is 57. The molecule has 0 aliphatic carbocycles. The maximum absolute atomic E-state index is 11.8. The van der Waals surface area contributed by atoms with E-state index in [9.17, 15) is 28.4 Å². The fraction of sp³-hybridized carbons (Fsp3) is 1.00. The Bertz CT molecular complexity index is 1030. The fourth-order valence-corrected chi connectivity index (χ4v) is 12.3. The van der Waals surface area contributed by atoms with E-state index in [1.807, 2.05) is 0 Å². The Morgan fingerprint density at radius 3 is 0.493 bits per heavy atom. The zero-order valence-corrected chi connectivity index (χ0v) is 55.6. The van der Waals surface area contributed by atoms with Crippen LogP contribution in [-0.4, -0.2) is 38.3 Å². The molecule has 3 unspecified atom stereocenters. The van der Waals surface area contributed by atoms with Crippen molar-refractivity contribution in [2.45, 2.75) is 350 Å². The monoisotopic (exact) mass is 1230 g/mol. The van der Waals surface area contributed by atoms with Gasteiger partial charge in [-0.2, -0.15) is 0 Å². The van der Waals surface area contributed by atoms with Crippen molar-refractivity contribution in [2.24, 2.45) is 0 Å². The predicted octanol–water partition coefficient (Wildman–Crippen LogP) is 20.5. The van der Waals surface area contributed by atoms with E-state index in [1.54, 1.807) is 0 Å². The van der Waals surface area contributed by atoms with Gasteiger partial charge in [0.1, 0.15) is 22.8 Å². The minimum atomic E-state index is -3.58. The van der Waals surface area contributed by atoms with Crippen LogP contribution in [-0.2, 0) is 27.3 Å². The first kappa shape index (κ1) is 81.3. The van der Waals surface area contributed by atoms with Crippen LogP contribution in [0.2, 0.25) is 0 Å². The molecule has 0 aliphatic heterocycles. The van der Waals surface area contributed by atoms with Gasteiger partial charge in [0.25, 0.3) is 0 Å². The molecule has 0 saturated heterocycles. The number of hydrogen-bond acceptors (Lipinski definition) is 9. The predicted molar refractivity (Wildman–Crippen MR) is 311 cm³/mol. The molecule has 0 amide bonds. The van der Waals surface area contributed by atoms with Crippen LogP contribution in [0.3, 0.4) is 0 Å². The molecule has 439 valence electrons. The maximum Gasteiger partial charge on any atom is 3.00 e. The van der Waals surface area contributed by atoms with E-state index in [1.165, 1.54) is 212 Å². The molecule has 1 radical (unpaired) electrons. The molecule has 0 bridgehead atoms. The Labute approximate surface area is 489 Å². The van der Waals surface area contributed by atoms with E-state index >= 15 is 0 Å². The van der Waals surface area contributed by atoms with Crippen LogP contribution < -0.4 is 14.7 Å². The van der Waals surface area contributed by atoms with E-state index in [-0.39, 0.29) is 59.3 Å². The minimum Gasteiger partial charge on any atom is -0.778 e. The van der Waals surface area contributed by atoms with Crippen molar-refractivity contribution < 1.29 is 82.8 Å². The van der Waals surface area contributed by atoms with Gasteiger partial charge in [-0.25, -0.2) is 0 Å². The molecule has 3 atom stereocenters. The van der Waals surface area contributed by atoms with Crippen LogP contribution in [0, 0.1) is 40.8 Å². The standard InChI is InChI=1S/3C20H43O3P.Nd/c3*1-3-5-7-9-11-13-15-17-19-23-24(21,22)20-18-16-14-12-10-8-6-4-2;/h3*3-20H2,1-2H3,(H,21,22);/q;;;+3/p-3. The van der Waals surface area contributed by atoms with Gasteiger partial charge in [-0.15, -0.1) is 0 Å². The van der Waals surface area contributed by atoms with Crippen LogP contribution in [0.1, 0.15) is 350 Å². The van der Waals surface area contributed by atoms with Crippen LogP contribution in [0.15, 0.2) is 0 Å². The molecule has 0 heterocycles. The van der Waals surface area contributed by atoms with Crippen molar-refractivity contribution >= 4 is 22.8 Å². The molecule has 0 rings (SSSR count). The van der Waals surface area contributed by atoms with Crippen LogP contribution in [0.5, 0.6) is 0 Å². The quantitative estimate of drug-likeness (QED) is 0.0429. The first-order valence-corrected chi connectivity index (χ1v) is 36.9. The third kappa shape index (κ3) is 75.9. The summed E-state index contributed by atoms with van der Waals surface area (Å²) in [5.74, 6) is 0. The van der Waals surface area contributed by atoms with Crippen molar-refractivity contribution in [1.82, 2.24) is 0 Å². The summed E-state index contributed by atoms with van der Waals surface area (Å²) in [6, 6.07) is 0. The average Bonchev–Trinajstić information content (AvgIpc) is 3.35. The fourth-order valence-electron chi connectivity index (χ4n) is 8.83. The third-order valence-electron chi connectivity index (χ3n) is 13.7. The van der Waals surface area contributed by atoms with E-state index < -0.39 is 22.8 Å². The normalized spacial score (nSPS) is 13.8. The Morgan fingerprint density at radius 1 is 0.219 bits per heavy atom. The molecular formula is C60H126NdO9P3. The van der Waals surface area contributed by atoms with E-state index in [4.69, 9.17) is 13.6 Å². The van der Waals surface area contributed by atoms with Crippen LogP contribution in [0.25, 0.3) is 0 Å². The van der Waals surface area contributed by atoms with Gasteiger partial charge in [-0.05, 0) is 38.5 Å². The topological polar surface area (TPSA) is 148 Å². The summed E-state index contributed by atoms with van der Waals surface area (Å²) in [5.41, 5.74) is 0. The SMILES string of the molecule is CCCCCCCCCCOP(=O)([O-])CCCCCCCCCC.CCCCCCCCCCOP(=O)([O-])CCCCCCCCCC.CCCCCCCCCCOP(=O)([O-])CCCCCCCCCC.[Nd+3]. The summed E-state index contributed by atoms with van der Waals surface area (Å²) in [7, 11) is -10.7. The Balaban J connectivity index is -0.000000486. The van der Waals surface area contributed by atoms with Crippen molar-refractivity contribution in [3.8, 4) is 0 Å². The first-order chi connectivity index (χ1) is 34.9. The van der Waals surface area contributed by atoms with Gasteiger partial charge >= 0.3 is 40.8 Å². The van der Waals surface area contributed by atoms with E-state index in [0.29, 0.717) is 19.8 Å². The number of hydrogen-bond donors (Lipinski definition) is 0. The second-order valence-electron chi connectivity index (χ2n) is 21.4. The molecule has 0 saturated carbocycles. The second-order valence-corrected chi connectivity index (χ2v) is 27.1. The molecule has 0 aliphatic rings. The second kappa shape index (κ2) is 66.3. The third-order valence-corrected chi connectivity index (χ3v) is 18.0. The molecule has 0 aromatic rings.